The van der Waals surface area contributed by atoms with Crippen LogP contribution in [0, 0.1) is 5.41 Å². The zero-order chi connectivity index (χ0) is 25.7. The summed E-state index contributed by atoms with van der Waals surface area (Å²) in [5.74, 6) is 0.424. The highest BCUT2D eigenvalue weighted by atomic mass is 16.5. The number of ether oxygens (including phenoxy) is 1. The minimum absolute atomic E-state index is 0.0159. The zero-order valence-corrected chi connectivity index (χ0v) is 21.8. The Morgan fingerprint density at radius 1 is 1.22 bits per heavy atom. The number of aromatic nitrogens is 2. The molecule has 2 aromatic rings. The number of amides is 1. The molecule has 2 aliphatic heterocycles. The van der Waals surface area contributed by atoms with Gasteiger partial charge in [-0.2, -0.15) is 5.10 Å². The lowest BCUT2D eigenvalue weighted by molar-refractivity contribution is -0.139. The first-order valence-electron chi connectivity index (χ1n) is 13.7. The highest BCUT2D eigenvalue weighted by Crippen LogP contribution is 2.60. The van der Waals surface area contributed by atoms with Gasteiger partial charge in [0.2, 0.25) is 5.91 Å². The molecule has 4 aliphatic rings. The van der Waals surface area contributed by atoms with Gasteiger partial charge in [0.25, 0.3) is 0 Å². The fourth-order valence-corrected chi connectivity index (χ4v) is 6.43. The second kappa shape index (κ2) is 9.48. The summed E-state index contributed by atoms with van der Waals surface area (Å²) in [6.07, 6.45) is 9.35. The number of nitrogens with zero attached hydrogens (tertiary/aromatic N) is 3. The molecule has 3 fully saturated rings. The molecule has 1 N–H and O–H groups in total. The Balaban J connectivity index is 1.42. The second-order valence-corrected chi connectivity index (χ2v) is 11.3. The Morgan fingerprint density at radius 2 is 2.05 bits per heavy atom. The van der Waals surface area contributed by atoms with Gasteiger partial charge < -0.3 is 15.0 Å². The standard InChI is InChI=1S/C29H36N4O4/c1-3-24(35)23-13-29-14-25(29)33(23)26(36)16-32-28-21(15-30-9-5-4-6-10-37-17-29)11-20(19-7-8-19)12-22(28)27(31-32)18(2)34/h4,6,11-12,19,23,25,30H,3,5,7-10,13-17H2,1-2H3/b6-4-/t23-,25+,29-/m0/s1. The quantitative estimate of drug-likeness (QED) is 0.506. The highest BCUT2D eigenvalue weighted by Gasteiger charge is 2.66. The monoisotopic (exact) mass is 504 g/mol. The van der Waals surface area contributed by atoms with Crippen LogP contribution in [0.5, 0.6) is 0 Å². The minimum atomic E-state index is -0.411. The van der Waals surface area contributed by atoms with Crippen molar-refractivity contribution in [2.75, 3.05) is 19.8 Å². The van der Waals surface area contributed by atoms with Crippen LogP contribution in [0.3, 0.4) is 0 Å². The SMILES string of the molecule is CCC(=O)[C@@H]1C[C@]23COC/C=C\CCNCc4cc(C5CC5)cc5c(C(C)=O)nn(c45)CC(=O)N1[C@@H]2C3. The van der Waals surface area contributed by atoms with E-state index in [0.717, 1.165) is 48.7 Å². The van der Waals surface area contributed by atoms with Gasteiger partial charge in [-0.15, -0.1) is 0 Å². The second-order valence-electron chi connectivity index (χ2n) is 11.3. The molecule has 0 spiro atoms. The lowest BCUT2D eigenvalue weighted by Gasteiger charge is -2.26. The molecule has 3 atom stereocenters. The maximum Gasteiger partial charge on any atom is 0.245 e. The number of benzene rings is 1. The van der Waals surface area contributed by atoms with Crippen molar-refractivity contribution in [3.05, 3.63) is 41.1 Å². The van der Waals surface area contributed by atoms with E-state index in [4.69, 9.17) is 4.74 Å². The lowest BCUT2D eigenvalue weighted by Crippen LogP contribution is -2.44. The smallest absolute Gasteiger partial charge is 0.245 e. The maximum atomic E-state index is 13.9. The number of rotatable bonds is 4. The van der Waals surface area contributed by atoms with Crippen molar-refractivity contribution in [1.82, 2.24) is 20.0 Å². The summed E-state index contributed by atoms with van der Waals surface area (Å²) in [6, 6.07) is 3.94. The van der Waals surface area contributed by atoms with Crippen LogP contribution < -0.4 is 5.32 Å². The summed E-state index contributed by atoms with van der Waals surface area (Å²) in [7, 11) is 0. The Morgan fingerprint density at radius 3 is 2.81 bits per heavy atom. The number of carbonyl (C=O) groups is 3. The van der Waals surface area contributed by atoms with Crippen LogP contribution in [0.25, 0.3) is 10.9 Å². The van der Waals surface area contributed by atoms with Gasteiger partial charge in [-0.3, -0.25) is 19.1 Å². The fraction of sp³-hybridized carbons (Fsp3) is 0.586. The molecule has 1 aromatic heterocycles. The van der Waals surface area contributed by atoms with Gasteiger partial charge in [0.05, 0.1) is 24.8 Å². The highest BCUT2D eigenvalue weighted by molar-refractivity contribution is 6.06. The molecular weight excluding hydrogens is 468 g/mol. The van der Waals surface area contributed by atoms with E-state index in [9.17, 15) is 14.4 Å². The Kier molecular flexibility index (Phi) is 6.27. The van der Waals surface area contributed by atoms with Crippen molar-refractivity contribution >= 4 is 28.4 Å². The van der Waals surface area contributed by atoms with Gasteiger partial charge in [-0.25, -0.2) is 0 Å². The van der Waals surface area contributed by atoms with E-state index in [1.165, 1.54) is 12.5 Å². The Bertz CT molecular complexity index is 1290. The number of nitrogens with one attached hydrogen (secondary N) is 1. The summed E-state index contributed by atoms with van der Waals surface area (Å²) in [5.41, 5.74) is 3.44. The molecule has 1 amide bonds. The van der Waals surface area contributed by atoms with Crippen LogP contribution in [0.2, 0.25) is 0 Å². The summed E-state index contributed by atoms with van der Waals surface area (Å²) in [6.45, 7) is 5.96. The molecule has 8 nitrogen and oxygen atoms in total. The van der Waals surface area contributed by atoms with E-state index in [1.54, 1.807) is 4.68 Å². The van der Waals surface area contributed by atoms with E-state index in [-0.39, 0.29) is 35.5 Å². The molecule has 2 aliphatic carbocycles. The molecule has 0 unspecified atom stereocenters. The van der Waals surface area contributed by atoms with Crippen LogP contribution in [0.1, 0.15) is 79.9 Å². The molecule has 1 saturated heterocycles. The van der Waals surface area contributed by atoms with Gasteiger partial charge in [-0.1, -0.05) is 25.1 Å². The van der Waals surface area contributed by atoms with E-state index >= 15 is 0 Å². The first kappa shape index (κ1) is 24.5. The van der Waals surface area contributed by atoms with Gasteiger partial charge in [0.15, 0.2) is 11.6 Å². The molecular formula is C29H36N4O4. The first-order valence-corrected chi connectivity index (χ1v) is 13.7. The number of Topliss-reactive ketones (excluding diaryl/α,β-unsaturated/α-hetero) is 2. The number of carbonyl (C=O) groups excluding carboxylic acids is 3. The van der Waals surface area contributed by atoms with Crippen LogP contribution in [-0.2, 0) is 27.4 Å². The van der Waals surface area contributed by atoms with Crippen molar-refractivity contribution in [3.8, 4) is 0 Å². The molecule has 2 bridgehead atoms. The minimum Gasteiger partial charge on any atom is -0.377 e. The molecule has 2 saturated carbocycles. The van der Waals surface area contributed by atoms with Crippen LogP contribution in [0.4, 0.5) is 0 Å². The van der Waals surface area contributed by atoms with Crippen molar-refractivity contribution in [2.24, 2.45) is 5.41 Å². The van der Waals surface area contributed by atoms with E-state index in [0.29, 0.717) is 44.2 Å². The third-order valence-corrected chi connectivity index (χ3v) is 8.61. The first-order chi connectivity index (χ1) is 17.9. The number of ketones is 2. The summed E-state index contributed by atoms with van der Waals surface area (Å²) in [4.78, 5) is 41.2. The van der Waals surface area contributed by atoms with Crippen LogP contribution in [-0.4, -0.2) is 64.0 Å². The molecule has 8 heteroatoms. The Hall–Kier alpha value is -2.84. The molecule has 6 rings (SSSR count). The van der Waals surface area contributed by atoms with Crippen molar-refractivity contribution in [2.45, 2.75) is 83.5 Å². The molecule has 1 aromatic carbocycles. The van der Waals surface area contributed by atoms with E-state index < -0.39 is 6.04 Å². The number of piperidine rings is 1. The van der Waals surface area contributed by atoms with E-state index in [2.05, 4.69) is 34.7 Å². The largest absolute Gasteiger partial charge is 0.377 e. The summed E-state index contributed by atoms with van der Waals surface area (Å²) in [5, 5.41) is 9.05. The van der Waals surface area contributed by atoms with Gasteiger partial charge in [0.1, 0.15) is 12.2 Å². The van der Waals surface area contributed by atoms with Gasteiger partial charge in [-0.05, 0) is 61.8 Å². The third-order valence-electron chi connectivity index (χ3n) is 8.61. The maximum absolute atomic E-state index is 13.9. The van der Waals surface area contributed by atoms with Gasteiger partial charge in [0, 0.05) is 36.7 Å². The van der Waals surface area contributed by atoms with Crippen molar-refractivity contribution in [1.29, 1.82) is 0 Å². The third kappa shape index (κ3) is 4.44. The predicted molar refractivity (Wildman–Crippen MR) is 139 cm³/mol. The van der Waals surface area contributed by atoms with Gasteiger partial charge >= 0.3 is 0 Å². The number of hydrogen-bond acceptors (Lipinski definition) is 6. The summed E-state index contributed by atoms with van der Waals surface area (Å²) >= 11 is 0. The zero-order valence-electron chi connectivity index (χ0n) is 21.8. The molecule has 0 radical (unpaired) electrons. The van der Waals surface area contributed by atoms with Crippen LogP contribution in [0.15, 0.2) is 24.3 Å². The van der Waals surface area contributed by atoms with E-state index in [1.807, 2.05) is 11.8 Å². The van der Waals surface area contributed by atoms with Crippen LogP contribution >= 0.6 is 0 Å². The lowest BCUT2D eigenvalue weighted by atomic mass is 9.97. The molecule has 37 heavy (non-hydrogen) atoms. The average molecular weight is 505 g/mol. The molecule has 196 valence electrons. The topological polar surface area (TPSA) is 93.5 Å². The fourth-order valence-electron chi connectivity index (χ4n) is 6.43. The van der Waals surface area contributed by atoms with Crippen molar-refractivity contribution < 1.29 is 19.1 Å². The normalized spacial score (nSPS) is 29.1. The Labute approximate surface area is 217 Å². The number of hydrogen-bond donors (Lipinski definition) is 1. The molecule has 3 heterocycles. The summed E-state index contributed by atoms with van der Waals surface area (Å²) < 4.78 is 7.70. The predicted octanol–water partition coefficient (Wildman–Crippen LogP) is 3.52. The average Bonchev–Trinajstić information content (AvgIpc) is 3.79. The van der Waals surface area contributed by atoms with Crippen molar-refractivity contribution in [3.63, 3.8) is 0 Å².